The molecule has 0 saturated carbocycles. The average molecular weight is 301 g/mol. The van der Waals surface area contributed by atoms with Crippen molar-refractivity contribution >= 4 is 23.2 Å². The highest BCUT2D eigenvalue weighted by Crippen LogP contribution is 2.28. The van der Waals surface area contributed by atoms with Crippen molar-refractivity contribution in [2.45, 2.75) is 5.38 Å². The largest absolute Gasteiger partial charge is 0.495 e. The van der Waals surface area contributed by atoms with Gasteiger partial charge in [-0.15, -0.1) is 11.6 Å². The van der Waals surface area contributed by atoms with Crippen LogP contribution in [0.2, 0.25) is 0 Å². The lowest BCUT2D eigenvalue weighted by Gasteiger charge is -2.13. The highest BCUT2D eigenvalue weighted by molar-refractivity contribution is 6.32. The SMILES string of the molecule is COc1cc(C#N)ccc1NC(=O)C(Cl)c1ccccc1. The van der Waals surface area contributed by atoms with Gasteiger partial charge in [-0.3, -0.25) is 4.79 Å². The predicted molar refractivity (Wildman–Crippen MR) is 81.4 cm³/mol. The maximum atomic E-state index is 12.2. The summed E-state index contributed by atoms with van der Waals surface area (Å²) in [6.45, 7) is 0. The molecule has 106 valence electrons. The molecule has 0 heterocycles. The molecule has 21 heavy (non-hydrogen) atoms. The first-order valence-corrected chi connectivity index (χ1v) is 6.67. The Hall–Kier alpha value is -2.51. The van der Waals surface area contributed by atoms with Crippen LogP contribution in [0, 0.1) is 11.3 Å². The summed E-state index contributed by atoms with van der Waals surface area (Å²) in [4.78, 5) is 12.2. The van der Waals surface area contributed by atoms with Gasteiger partial charge in [0.1, 0.15) is 11.1 Å². The fraction of sp³-hybridized carbons (Fsp3) is 0.125. The number of nitrogens with one attached hydrogen (secondary N) is 1. The van der Waals surface area contributed by atoms with Crippen LogP contribution in [0.15, 0.2) is 48.5 Å². The lowest BCUT2D eigenvalue weighted by Crippen LogP contribution is -2.17. The molecule has 0 aliphatic heterocycles. The number of nitriles is 1. The summed E-state index contributed by atoms with van der Waals surface area (Å²) in [5.41, 5.74) is 1.64. The minimum atomic E-state index is -0.799. The van der Waals surface area contributed by atoms with Gasteiger partial charge in [0.05, 0.1) is 24.4 Å². The van der Waals surface area contributed by atoms with Crippen molar-refractivity contribution in [3.05, 3.63) is 59.7 Å². The molecule has 4 nitrogen and oxygen atoms in total. The number of hydrogen-bond donors (Lipinski definition) is 1. The molecule has 1 unspecified atom stereocenters. The van der Waals surface area contributed by atoms with Gasteiger partial charge < -0.3 is 10.1 Å². The number of carbonyl (C=O) groups excluding carboxylic acids is 1. The van der Waals surface area contributed by atoms with Crippen LogP contribution in [0.1, 0.15) is 16.5 Å². The van der Waals surface area contributed by atoms with Gasteiger partial charge in [-0.05, 0) is 17.7 Å². The summed E-state index contributed by atoms with van der Waals surface area (Å²) >= 11 is 6.16. The number of amides is 1. The second-order valence-corrected chi connectivity index (χ2v) is 4.73. The summed E-state index contributed by atoms with van der Waals surface area (Å²) in [5.74, 6) is 0.0604. The fourth-order valence-corrected chi connectivity index (χ4v) is 2.03. The number of rotatable bonds is 4. The third kappa shape index (κ3) is 3.53. The lowest BCUT2D eigenvalue weighted by molar-refractivity contribution is -0.116. The molecular weight excluding hydrogens is 288 g/mol. The molecule has 1 N–H and O–H groups in total. The quantitative estimate of drug-likeness (QED) is 0.879. The molecule has 2 aromatic rings. The van der Waals surface area contributed by atoms with E-state index in [9.17, 15) is 4.79 Å². The number of hydrogen-bond acceptors (Lipinski definition) is 3. The number of anilines is 1. The van der Waals surface area contributed by atoms with Crippen LogP contribution in [0.3, 0.4) is 0 Å². The summed E-state index contributed by atoms with van der Waals surface area (Å²) in [5, 5.41) is 10.8. The molecular formula is C16H13ClN2O2. The first-order valence-electron chi connectivity index (χ1n) is 6.23. The fourth-order valence-electron chi connectivity index (χ4n) is 1.83. The number of methoxy groups -OCH3 is 1. The Morgan fingerprint density at radius 3 is 2.62 bits per heavy atom. The van der Waals surface area contributed by atoms with Crippen LogP contribution >= 0.6 is 11.6 Å². The van der Waals surface area contributed by atoms with Crippen molar-refractivity contribution in [1.82, 2.24) is 0 Å². The number of ether oxygens (including phenoxy) is 1. The maximum Gasteiger partial charge on any atom is 0.247 e. The molecule has 1 amide bonds. The van der Waals surface area contributed by atoms with Gasteiger partial charge >= 0.3 is 0 Å². The molecule has 0 spiro atoms. The minimum absolute atomic E-state index is 0.356. The summed E-state index contributed by atoms with van der Waals surface area (Å²) < 4.78 is 5.17. The van der Waals surface area contributed by atoms with E-state index < -0.39 is 5.38 Å². The molecule has 2 rings (SSSR count). The predicted octanol–water partition coefficient (Wildman–Crippen LogP) is 3.49. The summed E-state index contributed by atoms with van der Waals surface area (Å²) in [7, 11) is 1.47. The molecule has 0 fully saturated rings. The third-order valence-corrected chi connectivity index (χ3v) is 3.36. The Bertz CT molecular complexity index is 680. The Morgan fingerprint density at radius 2 is 2.00 bits per heavy atom. The number of halogens is 1. The standard InChI is InChI=1S/C16H13ClN2O2/c1-21-14-9-11(10-18)7-8-13(14)19-16(20)15(17)12-5-3-2-4-6-12/h2-9,15H,1H3,(H,19,20). The highest BCUT2D eigenvalue weighted by atomic mass is 35.5. The number of carbonyl (C=O) groups is 1. The van der Waals surface area contributed by atoms with Gasteiger partial charge in [0.15, 0.2) is 0 Å². The van der Waals surface area contributed by atoms with E-state index in [1.165, 1.54) is 7.11 Å². The molecule has 0 saturated heterocycles. The third-order valence-electron chi connectivity index (χ3n) is 2.91. The van der Waals surface area contributed by atoms with E-state index in [1.807, 2.05) is 24.3 Å². The minimum Gasteiger partial charge on any atom is -0.495 e. The average Bonchev–Trinajstić information content (AvgIpc) is 2.55. The van der Waals surface area contributed by atoms with Crippen LogP contribution in [0.25, 0.3) is 0 Å². The van der Waals surface area contributed by atoms with Crippen LogP contribution in [0.5, 0.6) is 5.75 Å². The molecule has 0 bridgehead atoms. The van der Waals surface area contributed by atoms with Crippen molar-refractivity contribution in [3.8, 4) is 11.8 Å². The van der Waals surface area contributed by atoms with Crippen molar-refractivity contribution in [1.29, 1.82) is 5.26 Å². The lowest BCUT2D eigenvalue weighted by atomic mass is 10.1. The Kier molecular flexibility index (Phi) is 4.81. The normalized spacial score (nSPS) is 11.3. The van der Waals surface area contributed by atoms with E-state index in [4.69, 9.17) is 21.6 Å². The Morgan fingerprint density at radius 1 is 1.29 bits per heavy atom. The molecule has 0 radical (unpaired) electrons. The molecule has 5 heteroatoms. The first-order chi connectivity index (χ1) is 10.2. The van der Waals surface area contributed by atoms with Crippen LogP contribution < -0.4 is 10.1 Å². The van der Waals surface area contributed by atoms with E-state index in [0.29, 0.717) is 22.6 Å². The van der Waals surface area contributed by atoms with Crippen LogP contribution in [-0.4, -0.2) is 13.0 Å². The van der Waals surface area contributed by atoms with E-state index in [0.717, 1.165) is 0 Å². The number of benzene rings is 2. The van der Waals surface area contributed by atoms with E-state index in [2.05, 4.69) is 5.32 Å². The van der Waals surface area contributed by atoms with E-state index in [1.54, 1.807) is 30.3 Å². The zero-order valence-electron chi connectivity index (χ0n) is 11.3. The van der Waals surface area contributed by atoms with Gasteiger partial charge in [0.25, 0.3) is 0 Å². The van der Waals surface area contributed by atoms with Crippen molar-refractivity contribution in [2.75, 3.05) is 12.4 Å². The van der Waals surface area contributed by atoms with Gasteiger partial charge in [-0.25, -0.2) is 0 Å². The first kappa shape index (κ1) is 14.9. The molecule has 0 aliphatic carbocycles. The zero-order chi connectivity index (χ0) is 15.2. The zero-order valence-corrected chi connectivity index (χ0v) is 12.1. The second-order valence-electron chi connectivity index (χ2n) is 4.29. The van der Waals surface area contributed by atoms with Crippen molar-refractivity contribution in [2.24, 2.45) is 0 Å². The smallest absolute Gasteiger partial charge is 0.247 e. The monoisotopic (exact) mass is 300 g/mol. The molecule has 1 atom stereocenters. The Balaban J connectivity index is 2.18. The second kappa shape index (κ2) is 6.78. The van der Waals surface area contributed by atoms with Gasteiger partial charge in [-0.2, -0.15) is 5.26 Å². The van der Waals surface area contributed by atoms with Crippen molar-refractivity contribution in [3.63, 3.8) is 0 Å². The van der Waals surface area contributed by atoms with E-state index >= 15 is 0 Å². The van der Waals surface area contributed by atoms with Crippen molar-refractivity contribution < 1.29 is 9.53 Å². The Labute approximate surface area is 127 Å². The highest BCUT2D eigenvalue weighted by Gasteiger charge is 2.18. The number of nitrogens with zero attached hydrogens (tertiary/aromatic N) is 1. The molecule has 0 aromatic heterocycles. The van der Waals surface area contributed by atoms with Gasteiger partial charge in [0.2, 0.25) is 5.91 Å². The van der Waals surface area contributed by atoms with Crippen LogP contribution in [0.4, 0.5) is 5.69 Å². The van der Waals surface area contributed by atoms with Gasteiger partial charge in [-0.1, -0.05) is 30.3 Å². The summed E-state index contributed by atoms with van der Waals surface area (Å²) in [6, 6.07) is 15.9. The maximum absolute atomic E-state index is 12.2. The van der Waals surface area contributed by atoms with Crippen LogP contribution in [-0.2, 0) is 4.79 Å². The topological polar surface area (TPSA) is 62.1 Å². The molecule has 0 aliphatic rings. The van der Waals surface area contributed by atoms with E-state index in [-0.39, 0.29) is 5.91 Å². The summed E-state index contributed by atoms with van der Waals surface area (Å²) in [6.07, 6.45) is 0. The number of alkyl halides is 1. The van der Waals surface area contributed by atoms with Gasteiger partial charge in [0, 0.05) is 6.07 Å². The molecule has 2 aromatic carbocycles.